The van der Waals surface area contributed by atoms with Crippen LogP contribution in [0.1, 0.15) is 81.1 Å². The van der Waals surface area contributed by atoms with Gasteiger partial charge in [-0.3, -0.25) is 4.79 Å². The van der Waals surface area contributed by atoms with E-state index in [1.165, 1.54) is 18.4 Å². The number of rotatable bonds is 10. The first-order valence-corrected chi connectivity index (χ1v) is 8.51. The molecule has 0 amide bonds. The van der Waals surface area contributed by atoms with E-state index in [0.29, 0.717) is 12.0 Å². The molecule has 1 rings (SSSR count). The molecule has 0 saturated heterocycles. The summed E-state index contributed by atoms with van der Waals surface area (Å²) in [6.07, 6.45) is 8.95. The first-order chi connectivity index (χ1) is 10.7. The molecular weight excluding hydrogens is 276 g/mol. The van der Waals surface area contributed by atoms with Gasteiger partial charge in [-0.2, -0.15) is 0 Å². The smallest absolute Gasteiger partial charge is 0.345 e. The van der Waals surface area contributed by atoms with Gasteiger partial charge in [0.15, 0.2) is 0 Å². The number of esters is 2. The maximum absolute atomic E-state index is 11.9. The number of aryl methyl sites for hydroxylation is 1. The van der Waals surface area contributed by atoms with Crippen LogP contribution in [0.5, 0.6) is 0 Å². The summed E-state index contributed by atoms with van der Waals surface area (Å²) >= 11 is 0. The minimum absolute atomic E-state index is 0.323. The van der Waals surface area contributed by atoms with Crippen molar-refractivity contribution in [3.05, 3.63) is 35.4 Å². The molecule has 0 aliphatic carbocycles. The molecule has 0 aliphatic heterocycles. The number of carbonyl (C=O) groups excluding carboxylic acids is 2. The van der Waals surface area contributed by atoms with E-state index in [0.717, 1.165) is 38.5 Å². The van der Waals surface area contributed by atoms with E-state index in [2.05, 4.69) is 13.8 Å². The Hall–Kier alpha value is -1.64. The van der Waals surface area contributed by atoms with Gasteiger partial charge in [0.1, 0.15) is 0 Å². The number of hydrogen-bond acceptors (Lipinski definition) is 3. The molecule has 0 spiro atoms. The van der Waals surface area contributed by atoms with Crippen LogP contribution in [-0.4, -0.2) is 11.9 Å². The maximum Gasteiger partial charge on any atom is 0.345 e. The number of unbranched alkanes of at least 4 members (excludes halogenated alkanes) is 5. The molecule has 0 aliphatic rings. The van der Waals surface area contributed by atoms with Gasteiger partial charge in [0.2, 0.25) is 0 Å². The molecular formula is C19H28O3. The van der Waals surface area contributed by atoms with Gasteiger partial charge in [0, 0.05) is 6.42 Å². The van der Waals surface area contributed by atoms with Crippen LogP contribution < -0.4 is 0 Å². The highest BCUT2D eigenvalue weighted by Gasteiger charge is 2.12. The van der Waals surface area contributed by atoms with Gasteiger partial charge in [0.25, 0.3) is 0 Å². The second kappa shape index (κ2) is 11.0. The second-order valence-electron chi connectivity index (χ2n) is 5.73. The largest absolute Gasteiger partial charge is 0.389 e. The summed E-state index contributed by atoms with van der Waals surface area (Å²) < 4.78 is 4.89. The third-order valence-electron chi connectivity index (χ3n) is 3.70. The van der Waals surface area contributed by atoms with Crippen LogP contribution in [0, 0.1) is 0 Å². The van der Waals surface area contributed by atoms with Crippen molar-refractivity contribution in [2.75, 3.05) is 0 Å². The van der Waals surface area contributed by atoms with Crippen molar-refractivity contribution in [3.8, 4) is 0 Å². The first kappa shape index (κ1) is 18.4. The number of ether oxygens (including phenoxy) is 1. The Kier molecular flexibility index (Phi) is 9.20. The van der Waals surface area contributed by atoms with Gasteiger partial charge < -0.3 is 4.74 Å². The quantitative estimate of drug-likeness (QED) is 0.344. The summed E-state index contributed by atoms with van der Waals surface area (Å²) in [4.78, 5) is 23.5. The highest BCUT2D eigenvalue weighted by atomic mass is 16.6. The maximum atomic E-state index is 11.9. The molecule has 22 heavy (non-hydrogen) atoms. The van der Waals surface area contributed by atoms with Crippen molar-refractivity contribution >= 4 is 11.9 Å². The van der Waals surface area contributed by atoms with Crippen LogP contribution in [0.4, 0.5) is 0 Å². The highest BCUT2D eigenvalue weighted by Crippen LogP contribution is 2.10. The summed E-state index contributed by atoms with van der Waals surface area (Å²) in [6, 6.07) is 7.34. The predicted molar refractivity (Wildman–Crippen MR) is 88.9 cm³/mol. The zero-order valence-corrected chi connectivity index (χ0v) is 13.9. The van der Waals surface area contributed by atoms with Gasteiger partial charge in [-0.05, 0) is 37.0 Å². The lowest BCUT2D eigenvalue weighted by Crippen LogP contribution is -2.12. The van der Waals surface area contributed by atoms with Crippen LogP contribution in [0.25, 0.3) is 0 Å². The lowest BCUT2D eigenvalue weighted by molar-refractivity contribution is -0.138. The summed E-state index contributed by atoms with van der Waals surface area (Å²) in [6.45, 7) is 4.31. The molecule has 0 aromatic heterocycles. The standard InChI is InChI=1S/C19H28O3/c1-3-5-7-8-9-11-18(20)22-19(21)17-14-12-16(13-15-17)10-6-4-2/h12-15H,3-11H2,1-2H3. The third-order valence-corrected chi connectivity index (χ3v) is 3.70. The molecule has 0 fully saturated rings. The van der Waals surface area contributed by atoms with E-state index in [4.69, 9.17) is 4.74 Å². The minimum Gasteiger partial charge on any atom is -0.389 e. The van der Waals surface area contributed by atoms with Gasteiger partial charge >= 0.3 is 11.9 Å². The average Bonchev–Trinajstić information content (AvgIpc) is 2.53. The lowest BCUT2D eigenvalue weighted by atomic mass is 10.1. The minimum atomic E-state index is -0.541. The Bertz CT molecular complexity index is 448. The molecule has 0 heterocycles. The van der Waals surface area contributed by atoms with Crippen LogP contribution in [0.15, 0.2) is 24.3 Å². The van der Waals surface area contributed by atoms with E-state index in [1.807, 2.05) is 12.1 Å². The third kappa shape index (κ3) is 7.39. The Morgan fingerprint density at radius 1 is 0.864 bits per heavy atom. The highest BCUT2D eigenvalue weighted by molar-refractivity contribution is 5.96. The SMILES string of the molecule is CCCCCCCC(=O)OC(=O)c1ccc(CCCC)cc1. The van der Waals surface area contributed by atoms with Crippen molar-refractivity contribution in [2.24, 2.45) is 0 Å². The summed E-state index contributed by atoms with van der Waals surface area (Å²) in [5.74, 6) is -0.961. The van der Waals surface area contributed by atoms with Gasteiger partial charge in [-0.25, -0.2) is 4.79 Å². The summed E-state index contributed by atoms with van der Waals surface area (Å²) in [5, 5.41) is 0. The Morgan fingerprint density at radius 3 is 2.14 bits per heavy atom. The first-order valence-electron chi connectivity index (χ1n) is 8.51. The fourth-order valence-electron chi connectivity index (χ4n) is 2.27. The van der Waals surface area contributed by atoms with Gasteiger partial charge in [0.05, 0.1) is 5.56 Å². The number of benzene rings is 1. The Labute approximate surface area is 134 Å². The molecule has 3 heteroatoms. The van der Waals surface area contributed by atoms with Crippen LogP contribution in [0.2, 0.25) is 0 Å². The normalized spacial score (nSPS) is 10.5. The van der Waals surface area contributed by atoms with Crippen molar-refractivity contribution in [2.45, 2.75) is 71.6 Å². The number of hydrogen-bond donors (Lipinski definition) is 0. The Morgan fingerprint density at radius 2 is 1.50 bits per heavy atom. The molecule has 0 saturated carbocycles. The molecule has 3 nitrogen and oxygen atoms in total. The van der Waals surface area contributed by atoms with Crippen LogP contribution >= 0.6 is 0 Å². The molecule has 0 bridgehead atoms. The van der Waals surface area contributed by atoms with Crippen molar-refractivity contribution in [1.82, 2.24) is 0 Å². The van der Waals surface area contributed by atoms with Crippen LogP contribution in [0.3, 0.4) is 0 Å². The molecule has 1 aromatic carbocycles. The fraction of sp³-hybridized carbons (Fsp3) is 0.579. The second-order valence-corrected chi connectivity index (χ2v) is 5.73. The summed E-state index contributed by atoms with van der Waals surface area (Å²) in [5.41, 5.74) is 1.65. The van der Waals surface area contributed by atoms with Crippen LogP contribution in [-0.2, 0) is 16.0 Å². The average molecular weight is 304 g/mol. The van der Waals surface area contributed by atoms with E-state index >= 15 is 0 Å². The molecule has 0 radical (unpaired) electrons. The fourth-order valence-corrected chi connectivity index (χ4v) is 2.27. The zero-order valence-electron chi connectivity index (χ0n) is 13.9. The molecule has 0 unspecified atom stereocenters. The molecule has 1 aromatic rings. The van der Waals surface area contributed by atoms with E-state index < -0.39 is 11.9 Å². The van der Waals surface area contributed by atoms with E-state index in [1.54, 1.807) is 12.1 Å². The zero-order chi connectivity index (χ0) is 16.2. The summed E-state index contributed by atoms with van der Waals surface area (Å²) in [7, 11) is 0. The molecule has 0 atom stereocenters. The molecule has 122 valence electrons. The molecule has 0 N–H and O–H groups in total. The monoisotopic (exact) mass is 304 g/mol. The van der Waals surface area contributed by atoms with Crippen molar-refractivity contribution in [1.29, 1.82) is 0 Å². The topological polar surface area (TPSA) is 43.4 Å². The van der Waals surface area contributed by atoms with Crippen molar-refractivity contribution in [3.63, 3.8) is 0 Å². The van der Waals surface area contributed by atoms with E-state index in [-0.39, 0.29) is 0 Å². The predicted octanol–water partition coefficient (Wildman–Crippen LogP) is 5.07. The van der Waals surface area contributed by atoms with Crippen molar-refractivity contribution < 1.29 is 14.3 Å². The van der Waals surface area contributed by atoms with Gasteiger partial charge in [-0.15, -0.1) is 0 Å². The van der Waals surface area contributed by atoms with Gasteiger partial charge in [-0.1, -0.05) is 58.1 Å². The van der Waals surface area contributed by atoms with E-state index in [9.17, 15) is 9.59 Å². The lowest BCUT2D eigenvalue weighted by Gasteiger charge is -2.05. The Balaban J connectivity index is 2.33. The number of carbonyl (C=O) groups is 2.